The molecule has 0 aliphatic carbocycles. The molecule has 27 heavy (non-hydrogen) atoms. The van der Waals surface area contributed by atoms with Gasteiger partial charge in [-0.1, -0.05) is 0 Å². The van der Waals surface area contributed by atoms with E-state index >= 15 is 0 Å². The Balaban J connectivity index is 0.000000271. The number of hydrogen-bond acceptors (Lipinski definition) is 8. The molecule has 1 N–H and O–H groups in total. The Bertz CT molecular complexity index is 758. The minimum atomic E-state index is 0.0279. The maximum Gasteiger partial charge on any atom is 0.207 e. The van der Waals surface area contributed by atoms with Crippen molar-refractivity contribution in [3.05, 3.63) is 29.8 Å². The Morgan fingerprint density at radius 1 is 0.630 bits per heavy atom. The molecule has 0 fully saturated rings. The largest absolute Gasteiger partial charge is 0.504 e. The van der Waals surface area contributed by atoms with Crippen LogP contribution >= 0.6 is 0 Å². The molecule has 2 aromatic rings. The van der Waals surface area contributed by atoms with Crippen molar-refractivity contribution >= 4 is 6.29 Å². The summed E-state index contributed by atoms with van der Waals surface area (Å²) in [4.78, 5) is 10.7. The summed E-state index contributed by atoms with van der Waals surface area (Å²) in [5, 5.41) is 9.38. The van der Waals surface area contributed by atoms with Gasteiger partial charge in [-0.3, -0.25) is 4.79 Å². The minimum absolute atomic E-state index is 0.0279. The van der Waals surface area contributed by atoms with Gasteiger partial charge in [-0.2, -0.15) is 0 Å². The summed E-state index contributed by atoms with van der Waals surface area (Å²) in [6.07, 6.45) is 0.709. The van der Waals surface area contributed by atoms with Crippen LogP contribution in [0.5, 0.6) is 40.2 Å². The van der Waals surface area contributed by atoms with Crippen molar-refractivity contribution in [1.29, 1.82) is 0 Å². The van der Waals surface area contributed by atoms with Crippen LogP contribution in [0.15, 0.2) is 24.3 Å². The maximum atomic E-state index is 10.7. The molecule has 0 saturated heterocycles. The van der Waals surface area contributed by atoms with E-state index in [0.29, 0.717) is 40.6 Å². The van der Waals surface area contributed by atoms with Gasteiger partial charge in [-0.25, -0.2) is 0 Å². The van der Waals surface area contributed by atoms with Crippen LogP contribution in [0.3, 0.4) is 0 Å². The molecule has 0 atom stereocenters. The number of ether oxygens (including phenoxy) is 6. The lowest BCUT2D eigenvalue weighted by Crippen LogP contribution is -1.97. The van der Waals surface area contributed by atoms with E-state index < -0.39 is 0 Å². The summed E-state index contributed by atoms with van der Waals surface area (Å²) in [5.74, 6) is 2.58. The molecule has 148 valence electrons. The molecule has 0 unspecified atom stereocenters. The molecule has 0 saturated carbocycles. The average molecular weight is 380 g/mol. The fourth-order valence-electron chi connectivity index (χ4n) is 2.30. The highest BCUT2D eigenvalue weighted by Gasteiger charge is 2.15. The smallest absolute Gasteiger partial charge is 0.207 e. The summed E-state index contributed by atoms with van der Waals surface area (Å²) >= 11 is 0. The van der Waals surface area contributed by atoms with Gasteiger partial charge in [0.2, 0.25) is 17.2 Å². The van der Waals surface area contributed by atoms with Crippen molar-refractivity contribution in [3.63, 3.8) is 0 Å². The SMILES string of the molecule is COc1ccc(C=O)c(OC)c1OC.COc1ccc(O)c(OC)c1OC. The highest BCUT2D eigenvalue weighted by molar-refractivity contribution is 5.82. The van der Waals surface area contributed by atoms with Crippen molar-refractivity contribution in [3.8, 4) is 40.2 Å². The van der Waals surface area contributed by atoms with Crippen molar-refractivity contribution in [2.24, 2.45) is 0 Å². The molecule has 0 radical (unpaired) electrons. The van der Waals surface area contributed by atoms with E-state index in [1.807, 2.05) is 0 Å². The summed E-state index contributed by atoms with van der Waals surface area (Å²) in [6, 6.07) is 6.37. The zero-order chi connectivity index (χ0) is 20.4. The number of carbonyl (C=O) groups excluding carboxylic acids is 1. The highest BCUT2D eigenvalue weighted by Crippen LogP contribution is 2.43. The van der Waals surface area contributed by atoms with Crippen LogP contribution in [-0.2, 0) is 0 Å². The van der Waals surface area contributed by atoms with Gasteiger partial charge >= 0.3 is 0 Å². The first-order valence-corrected chi connectivity index (χ1v) is 7.74. The van der Waals surface area contributed by atoms with Gasteiger partial charge in [0.25, 0.3) is 0 Å². The van der Waals surface area contributed by atoms with Crippen LogP contribution in [0.1, 0.15) is 10.4 Å². The molecular weight excluding hydrogens is 356 g/mol. The van der Waals surface area contributed by atoms with Gasteiger partial charge in [-0.15, -0.1) is 0 Å². The molecule has 8 nitrogen and oxygen atoms in total. The van der Waals surface area contributed by atoms with E-state index in [2.05, 4.69) is 0 Å². The van der Waals surface area contributed by atoms with Crippen LogP contribution in [-0.4, -0.2) is 54.1 Å². The quantitative estimate of drug-likeness (QED) is 0.733. The minimum Gasteiger partial charge on any atom is -0.504 e. The van der Waals surface area contributed by atoms with Crippen LogP contribution in [0.25, 0.3) is 0 Å². The first-order chi connectivity index (χ1) is 13.0. The third-order valence-corrected chi connectivity index (χ3v) is 3.55. The predicted molar refractivity (Wildman–Crippen MR) is 99.2 cm³/mol. The Kier molecular flexibility index (Phi) is 8.58. The molecular formula is C19H24O8. The second-order valence-corrected chi connectivity index (χ2v) is 4.89. The number of phenols is 1. The second-order valence-electron chi connectivity index (χ2n) is 4.89. The predicted octanol–water partition coefficient (Wildman–Crippen LogP) is 2.94. The summed E-state index contributed by atoms with van der Waals surface area (Å²) in [6.45, 7) is 0. The van der Waals surface area contributed by atoms with Crippen LogP contribution < -0.4 is 28.4 Å². The number of hydrogen-bond donors (Lipinski definition) is 1. The summed E-state index contributed by atoms with van der Waals surface area (Å²) < 4.78 is 30.2. The van der Waals surface area contributed by atoms with Gasteiger partial charge in [-0.05, 0) is 24.3 Å². The van der Waals surface area contributed by atoms with Crippen LogP contribution in [0, 0.1) is 0 Å². The molecule has 2 aromatic carbocycles. The van der Waals surface area contributed by atoms with E-state index in [-0.39, 0.29) is 11.5 Å². The number of carbonyl (C=O) groups is 1. The molecule has 0 aliphatic heterocycles. The highest BCUT2D eigenvalue weighted by atomic mass is 16.5. The fraction of sp³-hybridized carbons (Fsp3) is 0.316. The number of aromatic hydroxyl groups is 1. The van der Waals surface area contributed by atoms with Crippen LogP contribution in [0.4, 0.5) is 0 Å². The van der Waals surface area contributed by atoms with Crippen LogP contribution in [0.2, 0.25) is 0 Å². The lowest BCUT2D eigenvalue weighted by Gasteiger charge is -2.12. The third-order valence-electron chi connectivity index (χ3n) is 3.55. The van der Waals surface area contributed by atoms with E-state index in [1.165, 1.54) is 48.7 Å². The van der Waals surface area contributed by atoms with Gasteiger partial charge in [0.15, 0.2) is 29.3 Å². The van der Waals surface area contributed by atoms with Gasteiger partial charge < -0.3 is 33.5 Å². The average Bonchev–Trinajstić information content (AvgIpc) is 2.72. The number of aldehydes is 1. The first kappa shape index (κ1) is 21.8. The van der Waals surface area contributed by atoms with Crippen molar-refractivity contribution < 1.29 is 38.3 Å². The number of phenolic OH excluding ortho intramolecular Hbond substituents is 1. The van der Waals surface area contributed by atoms with Gasteiger partial charge in [0.05, 0.1) is 48.2 Å². The van der Waals surface area contributed by atoms with Crippen molar-refractivity contribution in [1.82, 2.24) is 0 Å². The molecule has 0 aromatic heterocycles. The number of rotatable bonds is 7. The molecule has 2 rings (SSSR count). The molecule has 0 heterocycles. The molecule has 0 amide bonds. The fourth-order valence-corrected chi connectivity index (χ4v) is 2.30. The number of benzene rings is 2. The Labute approximate surface area is 158 Å². The molecule has 8 heteroatoms. The lowest BCUT2D eigenvalue weighted by molar-refractivity contribution is 0.112. The number of methoxy groups -OCH3 is 6. The Morgan fingerprint density at radius 2 is 1.07 bits per heavy atom. The van der Waals surface area contributed by atoms with Crippen molar-refractivity contribution in [2.75, 3.05) is 42.7 Å². The summed E-state index contributed by atoms with van der Waals surface area (Å²) in [7, 11) is 8.96. The Morgan fingerprint density at radius 3 is 1.48 bits per heavy atom. The maximum absolute atomic E-state index is 10.7. The van der Waals surface area contributed by atoms with Crippen molar-refractivity contribution in [2.45, 2.75) is 0 Å². The zero-order valence-corrected chi connectivity index (χ0v) is 16.2. The van der Waals surface area contributed by atoms with E-state index in [0.717, 1.165) is 0 Å². The standard InChI is InChI=1S/C10H12O4.C9H12O4/c1-12-8-5-4-7(6-11)9(13-2)10(8)14-3;1-11-7-5-4-6(10)8(12-2)9(7)13-3/h4-6H,1-3H3;4-5,10H,1-3H3. The lowest BCUT2D eigenvalue weighted by atomic mass is 10.2. The normalized spacial score (nSPS) is 9.41. The molecule has 0 spiro atoms. The van der Waals surface area contributed by atoms with Gasteiger partial charge in [0, 0.05) is 0 Å². The summed E-state index contributed by atoms with van der Waals surface area (Å²) in [5.41, 5.74) is 0.435. The van der Waals surface area contributed by atoms with E-state index in [4.69, 9.17) is 28.4 Å². The zero-order valence-electron chi connectivity index (χ0n) is 16.2. The molecule has 0 aliphatic rings. The Hall–Kier alpha value is -3.29. The van der Waals surface area contributed by atoms with E-state index in [9.17, 15) is 9.90 Å². The van der Waals surface area contributed by atoms with E-state index in [1.54, 1.807) is 18.2 Å². The molecule has 0 bridgehead atoms. The topological polar surface area (TPSA) is 92.7 Å². The third kappa shape index (κ3) is 4.87. The van der Waals surface area contributed by atoms with Gasteiger partial charge in [0.1, 0.15) is 0 Å². The second kappa shape index (κ2) is 10.6. The first-order valence-electron chi connectivity index (χ1n) is 7.74. The monoisotopic (exact) mass is 380 g/mol.